The van der Waals surface area contributed by atoms with Gasteiger partial charge in [-0.05, 0) is 44.7 Å². The largest absolute Gasteiger partial charge is 0.496 e. The molecule has 1 atom stereocenters. The number of hydrogen-bond donors (Lipinski definition) is 1. The Kier molecular flexibility index (Phi) is 3.49. The van der Waals surface area contributed by atoms with Crippen molar-refractivity contribution in [3.63, 3.8) is 0 Å². The first-order chi connectivity index (χ1) is 9.72. The number of nitrogens with two attached hydrogens (primary N) is 1. The lowest BCUT2D eigenvalue weighted by Gasteiger charge is -2.20. The van der Waals surface area contributed by atoms with Crippen molar-refractivity contribution in [1.82, 2.24) is 9.55 Å². The number of aryl methyl sites for hydroxylation is 1. The molecule has 0 radical (unpaired) electrons. The van der Waals surface area contributed by atoms with Crippen LogP contribution in [0.5, 0.6) is 5.75 Å². The maximum Gasteiger partial charge on any atom is 0.125 e. The predicted molar refractivity (Wildman–Crippen MR) is 79.4 cm³/mol. The molecule has 1 unspecified atom stereocenters. The molecule has 0 aliphatic heterocycles. The molecule has 1 aromatic carbocycles. The highest BCUT2D eigenvalue weighted by molar-refractivity contribution is 5.52. The number of aromatic nitrogens is 2. The minimum Gasteiger partial charge on any atom is -0.496 e. The summed E-state index contributed by atoms with van der Waals surface area (Å²) >= 11 is 0. The van der Waals surface area contributed by atoms with E-state index in [9.17, 15) is 0 Å². The summed E-state index contributed by atoms with van der Waals surface area (Å²) in [5.74, 6) is 0.843. The molecule has 3 rings (SSSR count). The lowest BCUT2D eigenvalue weighted by Crippen LogP contribution is -2.13. The van der Waals surface area contributed by atoms with Crippen molar-refractivity contribution in [2.75, 3.05) is 7.11 Å². The summed E-state index contributed by atoms with van der Waals surface area (Å²) in [4.78, 5) is 4.57. The second-order valence-corrected chi connectivity index (χ2v) is 5.40. The van der Waals surface area contributed by atoms with Gasteiger partial charge in [-0.15, -0.1) is 0 Å². The summed E-state index contributed by atoms with van der Waals surface area (Å²) in [7, 11) is 1.69. The summed E-state index contributed by atoms with van der Waals surface area (Å²) in [6, 6.07) is 5.99. The van der Waals surface area contributed by atoms with Crippen molar-refractivity contribution in [3.05, 3.63) is 41.5 Å². The van der Waals surface area contributed by atoms with Crippen molar-refractivity contribution in [2.24, 2.45) is 5.73 Å². The number of imidazole rings is 1. The van der Waals surface area contributed by atoms with Crippen molar-refractivity contribution in [2.45, 2.75) is 38.6 Å². The molecular formula is C16H21N3O. The van der Waals surface area contributed by atoms with E-state index in [1.165, 1.54) is 24.2 Å². The van der Waals surface area contributed by atoms with Crippen LogP contribution in [0.1, 0.15) is 42.8 Å². The zero-order valence-corrected chi connectivity index (χ0v) is 12.1. The highest BCUT2D eigenvalue weighted by atomic mass is 16.5. The van der Waals surface area contributed by atoms with E-state index in [0.717, 1.165) is 29.8 Å². The lowest BCUT2D eigenvalue weighted by molar-refractivity contribution is 0.406. The molecule has 106 valence electrons. The van der Waals surface area contributed by atoms with E-state index in [1.807, 2.05) is 25.4 Å². The van der Waals surface area contributed by atoms with Gasteiger partial charge in [-0.2, -0.15) is 0 Å². The average molecular weight is 271 g/mol. The highest BCUT2D eigenvalue weighted by Crippen LogP contribution is 2.32. The van der Waals surface area contributed by atoms with Crippen LogP contribution < -0.4 is 10.5 Å². The molecule has 0 saturated carbocycles. The molecule has 0 spiro atoms. The number of fused-ring (bicyclic) bond motifs is 1. The minimum absolute atomic E-state index is 0.0807. The standard InChI is InChI=1S/C16H21N3O/c1-11(17)16-14(8-5-9-15(16)20-2)19-10-18-12-6-3-4-7-13(12)19/h5,8-11H,3-4,6-7,17H2,1-2H3. The van der Waals surface area contributed by atoms with Gasteiger partial charge in [0.05, 0.1) is 24.8 Å². The first-order valence-corrected chi connectivity index (χ1v) is 7.20. The summed E-state index contributed by atoms with van der Waals surface area (Å²) in [6.07, 6.45) is 6.57. The van der Waals surface area contributed by atoms with Gasteiger partial charge in [0.25, 0.3) is 0 Å². The molecule has 0 bridgehead atoms. The monoisotopic (exact) mass is 271 g/mol. The predicted octanol–water partition coefficient (Wildman–Crippen LogP) is 2.78. The summed E-state index contributed by atoms with van der Waals surface area (Å²) in [5, 5.41) is 0. The number of methoxy groups -OCH3 is 1. The average Bonchev–Trinajstić information content (AvgIpc) is 2.90. The molecule has 1 heterocycles. The summed E-state index contributed by atoms with van der Waals surface area (Å²) in [5.41, 5.74) is 10.9. The van der Waals surface area contributed by atoms with Gasteiger partial charge in [-0.3, -0.25) is 0 Å². The van der Waals surface area contributed by atoms with Gasteiger partial charge < -0.3 is 15.0 Å². The molecule has 1 aromatic heterocycles. The fourth-order valence-corrected chi connectivity index (χ4v) is 3.05. The van der Waals surface area contributed by atoms with Gasteiger partial charge in [0, 0.05) is 17.3 Å². The Morgan fingerprint density at radius 1 is 1.30 bits per heavy atom. The SMILES string of the molecule is COc1cccc(-n2cnc3c2CCCC3)c1C(C)N. The third kappa shape index (κ3) is 2.10. The second-order valence-electron chi connectivity index (χ2n) is 5.40. The third-order valence-electron chi connectivity index (χ3n) is 4.01. The summed E-state index contributed by atoms with van der Waals surface area (Å²) in [6.45, 7) is 1.99. The van der Waals surface area contributed by atoms with Gasteiger partial charge >= 0.3 is 0 Å². The molecule has 2 aromatic rings. The fourth-order valence-electron chi connectivity index (χ4n) is 3.05. The molecular weight excluding hydrogens is 250 g/mol. The van der Waals surface area contributed by atoms with Crippen LogP contribution in [0.2, 0.25) is 0 Å². The van der Waals surface area contributed by atoms with Crippen LogP contribution in [0.4, 0.5) is 0 Å². The second kappa shape index (κ2) is 5.29. The van der Waals surface area contributed by atoms with Gasteiger partial charge in [0.2, 0.25) is 0 Å². The molecule has 1 aliphatic carbocycles. The molecule has 1 aliphatic rings. The summed E-state index contributed by atoms with van der Waals surface area (Å²) < 4.78 is 7.67. The van der Waals surface area contributed by atoms with E-state index in [2.05, 4.69) is 15.6 Å². The zero-order valence-electron chi connectivity index (χ0n) is 12.1. The Hall–Kier alpha value is -1.81. The smallest absolute Gasteiger partial charge is 0.125 e. The first kappa shape index (κ1) is 13.2. The Balaban J connectivity index is 2.17. The molecule has 4 nitrogen and oxygen atoms in total. The number of hydrogen-bond acceptors (Lipinski definition) is 3. The molecule has 2 N–H and O–H groups in total. The van der Waals surface area contributed by atoms with E-state index >= 15 is 0 Å². The van der Waals surface area contributed by atoms with Gasteiger partial charge in [0.1, 0.15) is 5.75 Å². The first-order valence-electron chi connectivity index (χ1n) is 7.20. The zero-order chi connectivity index (χ0) is 14.1. The molecule has 0 saturated heterocycles. The van der Waals surface area contributed by atoms with E-state index < -0.39 is 0 Å². The number of rotatable bonds is 3. The minimum atomic E-state index is -0.0807. The van der Waals surface area contributed by atoms with E-state index in [0.29, 0.717) is 0 Å². The van der Waals surface area contributed by atoms with Crippen LogP contribution in [0.3, 0.4) is 0 Å². The van der Waals surface area contributed by atoms with E-state index in [1.54, 1.807) is 7.11 Å². The topological polar surface area (TPSA) is 53.1 Å². The number of nitrogens with zero attached hydrogens (tertiary/aromatic N) is 2. The van der Waals surface area contributed by atoms with Gasteiger partial charge in [-0.1, -0.05) is 6.07 Å². The van der Waals surface area contributed by atoms with Crippen molar-refractivity contribution < 1.29 is 4.74 Å². The van der Waals surface area contributed by atoms with Gasteiger partial charge in [0.15, 0.2) is 0 Å². The molecule has 4 heteroatoms. The maximum absolute atomic E-state index is 6.16. The highest BCUT2D eigenvalue weighted by Gasteiger charge is 2.20. The van der Waals surface area contributed by atoms with Crippen LogP contribution >= 0.6 is 0 Å². The quantitative estimate of drug-likeness (QED) is 0.934. The van der Waals surface area contributed by atoms with Crippen LogP contribution in [-0.2, 0) is 12.8 Å². The fraction of sp³-hybridized carbons (Fsp3) is 0.438. The number of ether oxygens (including phenoxy) is 1. The molecule has 0 fully saturated rings. The Morgan fingerprint density at radius 2 is 2.10 bits per heavy atom. The van der Waals surface area contributed by atoms with Crippen molar-refractivity contribution in [3.8, 4) is 11.4 Å². The number of benzene rings is 1. The Bertz CT molecular complexity index is 616. The van der Waals surface area contributed by atoms with Crippen molar-refractivity contribution in [1.29, 1.82) is 0 Å². The molecule has 20 heavy (non-hydrogen) atoms. The lowest BCUT2D eigenvalue weighted by atomic mass is 10.00. The normalized spacial score (nSPS) is 15.8. The Morgan fingerprint density at radius 3 is 2.85 bits per heavy atom. The van der Waals surface area contributed by atoms with Crippen molar-refractivity contribution >= 4 is 0 Å². The maximum atomic E-state index is 6.16. The van der Waals surface area contributed by atoms with Gasteiger partial charge in [-0.25, -0.2) is 4.98 Å². The van der Waals surface area contributed by atoms with Crippen LogP contribution in [-0.4, -0.2) is 16.7 Å². The molecule has 0 amide bonds. The van der Waals surface area contributed by atoms with Crippen LogP contribution in [0.15, 0.2) is 24.5 Å². The van der Waals surface area contributed by atoms with Crippen LogP contribution in [0, 0.1) is 0 Å². The van der Waals surface area contributed by atoms with Crippen LogP contribution in [0.25, 0.3) is 5.69 Å². The van der Waals surface area contributed by atoms with E-state index in [4.69, 9.17) is 10.5 Å². The third-order valence-corrected chi connectivity index (χ3v) is 4.01. The van der Waals surface area contributed by atoms with E-state index in [-0.39, 0.29) is 6.04 Å². The Labute approximate surface area is 119 Å².